The lowest BCUT2D eigenvalue weighted by atomic mass is 10.0. The normalized spacial score (nSPS) is 28.6. The van der Waals surface area contributed by atoms with E-state index in [4.69, 9.17) is 5.73 Å². The second-order valence-corrected chi connectivity index (χ2v) is 5.13. The standard InChI is InChI=1S/C12H21N3O2/c13-12(17)10-4-6-15(8-10)11(16)2-1-9-3-5-14-7-9/h9-10,14H,1-8H2,(H2,13,17). The van der Waals surface area contributed by atoms with Gasteiger partial charge < -0.3 is 16.0 Å². The van der Waals surface area contributed by atoms with Crippen LogP contribution in [0.15, 0.2) is 0 Å². The highest BCUT2D eigenvalue weighted by atomic mass is 16.2. The van der Waals surface area contributed by atoms with Gasteiger partial charge in [-0.1, -0.05) is 0 Å². The van der Waals surface area contributed by atoms with E-state index in [0.717, 1.165) is 25.9 Å². The number of hydrogen-bond donors (Lipinski definition) is 2. The first-order valence-corrected chi connectivity index (χ1v) is 6.44. The highest BCUT2D eigenvalue weighted by Gasteiger charge is 2.29. The van der Waals surface area contributed by atoms with Gasteiger partial charge in [-0.15, -0.1) is 0 Å². The number of carbonyl (C=O) groups excluding carboxylic acids is 2. The van der Waals surface area contributed by atoms with Gasteiger partial charge in [-0.2, -0.15) is 0 Å². The predicted octanol–water partition coefficient (Wildman–Crippen LogP) is -0.290. The average Bonchev–Trinajstić information content (AvgIpc) is 2.96. The van der Waals surface area contributed by atoms with Crippen molar-refractivity contribution >= 4 is 11.8 Å². The molecule has 2 heterocycles. The molecule has 5 nitrogen and oxygen atoms in total. The summed E-state index contributed by atoms with van der Waals surface area (Å²) in [5, 5.41) is 3.30. The molecule has 0 radical (unpaired) electrons. The van der Waals surface area contributed by atoms with Crippen LogP contribution in [-0.2, 0) is 9.59 Å². The second-order valence-electron chi connectivity index (χ2n) is 5.13. The maximum Gasteiger partial charge on any atom is 0.222 e. The number of carbonyl (C=O) groups is 2. The molecule has 0 saturated carbocycles. The van der Waals surface area contributed by atoms with E-state index in [1.54, 1.807) is 4.90 Å². The summed E-state index contributed by atoms with van der Waals surface area (Å²) in [6, 6.07) is 0. The van der Waals surface area contributed by atoms with Crippen LogP contribution in [0, 0.1) is 11.8 Å². The summed E-state index contributed by atoms with van der Waals surface area (Å²) in [5.41, 5.74) is 5.25. The van der Waals surface area contributed by atoms with E-state index in [0.29, 0.717) is 25.4 Å². The van der Waals surface area contributed by atoms with Crippen molar-refractivity contribution in [1.82, 2.24) is 10.2 Å². The molecular formula is C12H21N3O2. The minimum Gasteiger partial charge on any atom is -0.369 e. The van der Waals surface area contributed by atoms with Gasteiger partial charge >= 0.3 is 0 Å². The Morgan fingerprint density at radius 3 is 2.76 bits per heavy atom. The molecule has 2 aliphatic rings. The molecule has 0 aliphatic carbocycles. The number of amides is 2. The molecule has 2 fully saturated rings. The minimum atomic E-state index is -0.278. The van der Waals surface area contributed by atoms with Crippen LogP contribution in [-0.4, -0.2) is 42.9 Å². The first kappa shape index (κ1) is 12.4. The fourth-order valence-electron chi connectivity index (χ4n) is 2.67. The summed E-state index contributed by atoms with van der Waals surface area (Å²) < 4.78 is 0. The van der Waals surface area contributed by atoms with Crippen molar-refractivity contribution in [2.24, 2.45) is 17.6 Å². The molecule has 0 bridgehead atoms. The number of nitrogens with zero attached hydrogens (tertiary/aromatic N) is 1. The number of primary amides is 1. The van der Waals surface area contributed by atoms with E-state index in [1.165, 1.54) is 6.42 Å². The van der Waals surface area contributed by atoms with Gasteiger partial charge in [0.25, 0.3) is 0 Å². The van der Waals surface area contributed by atoms with E-state index in [-0.39, 0.29) is 17.7 Å². The number of hydrogen-bond acceptors (Lipinski definition) is 3. The van der Waals surface area contributed by atoms with Crippen molar-refractivity contribution < 1.29 is 9.59 Å². The molecule has 2 aliphatic heterocycles. The van der Waals surface area contributed by atoms with Gasteiger partial charge in [-0.3, -0.25) is 9.59 Å². The van der Waals surface area contributed by atoms with Crippen LogP contribution in [0.5, 0.6) is 0 Å². The van der Waals surface area contributed by atoms with Gasteiger partial charge in [-0.05, 0) is 38.3 Å². The van der Waals surface area contributed by atoms with Crippen LogP contribution >= 0.6 is 0 Å². The van der Waals surface area contributed by atoms with Crippen LogP contribution in [0.1, 0.15) is 25.7 Å². The maximum atomic E-state index is 11.9. The Bertz CT molecular complexity index is 300. The van der Waals surface area contributed by atoms with Gasteiger partial charge in [0.15, 0.2) is 0 Å². The van der Waals surface area contributed by atoms with Crippen LogP contribution in [0.4, 0.5) is 0 Å². The number of rotatable bonds is 4. The fourth-order valence-corrected chi connectivity index (χ4v) is 2.67. The smallest absolute Gasteiger partial charge is 0.222 e. The van der Waals surface area contributed by atoms with Crippen molar-refractivity contribution in [2.45, 2.75) is 25.7 Å². The zero-order valence-electron chi connectivity index (χ0n) is 10.2. The van der Waals surface area contributed by atoms with Crippen molar-refractivity contribution in [3.05, 3.63) is 0 Å². The van der Waals surface area contributed by atoms with E-state index >= 15 is 0 Å². The monoisotopic (exact) mass is 239 g/mol. The molecule has 0 spiro atoms. The zero-order valence-corrected chi connectivity index (χ0v) is 10.2. The average molecular weight is 239 g/mol. The van der Waals surface area contributed by atoms with E-state index in [9.17, 15) is 9.59 Å². The van der Waals surface area contributed by atoms with Gasteiger partial charge in [0.2, 0.25) is 11.8 Å². The summed E-state index contributed by atoms with van der Waals surface area (Å²) in [6.07, 6.45) is 3.48. The molecule has 5 heteroatoms. The highest BCUT2D eigenvalue weighted by molar-refractivity contribution is 5.81. The molecular weight excluding hydrogens is 218 g/mol. The van der Waals surface area contributed by atoms with Gasteiger partial charge in [0.1, 0.15) is 0 Å². The molecule has 3 N–H and O–H groups in total. The molecule has 2 unspecified atom stereocenters. The molecule has 0 aromatic rings. The van der Waals surface area contributed by atoms with Crippen LogP contribution in [0.3, 0.4) is 0 Å². The van der Waals surface area contributed by atoms with Crippen LogP contribution < -0.4 is 11.1 Å². The van der Waals surface area contributed by atoms with Crippen molar-refractivity contribution in [3.63, 3.8) is 0 Å². The van der Waals surface area contributed by atoms with Crippen molar-refractivity contribution in [1.29, 1.82) is 0 Å². The number of nitrogens with two attached hydrogens (primary N) is 1. The van der Waals surface area contributed by atoms with Gasteiger partial charge in [-0.25, -0.2) is 0 Å². The zero-order chi connectivity index (χ0) is 12.3. The van der Waals surface area contributed by atoms with E-state index in [1.807, 2.05) is 0 Å². The summed E-state index contributed by atoms with van der Waals surface area (Å²) in [6.45, 7) is 3.33. The summed E-state index contributed by atoms with van der Waals surface area (Å²) in [4.78, 5) is 24.7. The summed E-state index contributed by atoms with van der Waals surface area (Å²) in [7, 11) is 0. The number of likely N-dealkylation sites (tertiary alicyclic amines) is 1. The lowest BCUT2D eigenvalue weighted by Crippen LogP contribution is -2.31. The van der Waals surface area contributed by atoms with E-state index in [2.05, 4.69) is 5.32 Å². The third-order valence-corrected chi connectivity index (χ3v) is 3.87. The molecule has 17 heavy (non-hydrogen) atoms. The molecule has 2 amide bonds. The fraction of sp³-hybridized carbons (Fsp3) is 0.833. The lowest BCUT2D eigenvalue weighted by molar-refractivity contribution is -0.130. The highest BCUT2D eigenvalue weighted by Crippen LogP contribution is 2.19. The number of nitrogens with one attached hydrogen (secondary N) is 1. The van der Waals surface area contributed by atoms with Crippen molar-refractivity contribution in [3.8, 4) is 0 Å². The van der Waals surface area contributed by atoms with Crippen LogP contribution in [0.2, 0.25) is 0 Å². The molecule has 2 rings (SSSR count). The maximum absolute atomic E-state index is 11.9. The molecule has 2 atom stereocenters. The summed E-state index contributed by atoms with van der Waals surface area (Å²) >= 11 is 0. The van der Waals surface area contributed by atoms with Crippen molar-refractivity contribution in [2.75, 3.05) is 26.2 Å². The molecule has 2 saturated heterocycles. The van der Waals surface area contributed by atoms with Gasteiger partial charge in [0, 0.05) is 19.5 Å². The quantitative estimate of drug-likeness (QED) is 0.708. The Labute approximate surface area is 102 Å². The Kier molecular flexibility index (Phi) is 3.99. The Hall–Kier alpha value is -1.10. The van der Waals surface area contributed by atoms with Crippen LogP contribution in [0.25, 0.3) is 0 Å². The molecule has 0 aromatic heterocycles. The Morgan fingerprint density at radius 1 is 1.35 bits per heavy atom. The van der Waals surface area contributed by atoms with E-state index < -0.39 is 0 Å². The third-order valence-electron chi connectivity index (χ3n) is 3.87. The first-order chi connectivity index (χ1) is 8.16. The predicted molar refractivity (Wildman–Crippen MR) is 64.1 cm³/mol. The third kappa shape index (κ3) is 3.19. The Morgan fingerprint density at radius 2 is 2.18 bits per heavy atom. The molecule has 0 aromatic carbocycles. The SMILES string of the molecule is NC(=O)C1CCN(C(=O)CCC2CCNC2)C1. The summed E-state index contributed by atoms with van der Waals surface area (Å²) in [5.74, 6) is 0.418. The second kappa shape index (κ2) is 5.49. The molecule has 96 valence electrons. The van der Waals surface area contributed by atoms with Gasteiger partial charge in [0.05, 0.1) is 5.92 Å². The minimum absolute atomic E-state index is 0.132. The Balaban J connectivity index is 1.71. The topological polar surface area (TPSA) is 75.4 Å². The largest absolute Gasteiger partial charge is 0.369 e. The lowest BCUT2D eigenvalue weighted by Gasteiger charge is -2.17. The first-order valence-electron chi connectivity index (χ1n) is 6.44.